The van der Waals surface area contributed by atoms with Crippen LogP contribution in [0.2, 0.25) is 5.02 Å². The first-order valence-electron chi connectivity index (χ1n) is 10.7. The van der Waals surface area contributed by atoms with Crippen molar-refractivity contribution in [2.24, 2.45) is 0 Å². The first-order valence-corrected chi connectivity index (χ1v) is 12.8. The van der Waals surface area contributed by atoms with Crippen molar-refractivity contribution in [1.29, 1.82) is 0 Å². The van der Waals surface area contributed by atoms with Gasteiger partial charge in [0.1, 0.15) is 5.82 Å². The molecule has 1 aliphatic carbocycles. The Morgan fingerprint density at radius 2 is 1.93 bits per heavy atom. The number of rotatable bonds is 6. The zero-order chi connectivity index (χ0) is 21.1. The lowest BCUT2D eigenvalue weighted by molar-refractivity contribution is -0.115. The fourth-order valence-corrected chi connectivity index (χ4v) is 6.39. The smallest absolute Gasteiger partial charge is 0.225 e. The summed E-state index contributed by atoms with van der Waals surface area (Å²) in [5, 5.41) is 11.7. The molecule has 1 N–H and O–H groups in total. The van der Waals surface area contributed by atoms with Crippen molar-refractivity contribution < 1.29 is 13.2 Å². The Kier molecular flexibility index (Phi) is 6.43. The topological polar surface area (TPSA) is 93.9 Å². The summed E-state index contributed by atoms with van der Waals surface area (Å²) in [6.07, 6.45) is 7.53. The summed E-state index contributed by atoms with van der Waals surface area (Å²) >= 11 is 6.43. The molecule has 2 heterocycles. The molecule has 2 aromatic rings. The molecule has 0 bridgehead atoms. The molecular weight excluding hydrogens is 424 g/mol. The molecule has 1 aromatic heterocycles. The van der Waals surface area contributed by atoms with Gasteiger partial charge in [-0.25, -0.2) is 8.42 Å². The third-order valence-electron chi connectivity index (χ3n) is 6.02. The Morgan fingerprint density at radius 1 is 1.13 bits per heavy atom. The summed E-state index contributed by atoms with van der Waals surface area (Å²) in [4.78, 5) is 12.4. The molecule has 1 aromatic carbocycles. The number of nitrogens with one attached hydrogen (secondary N) is 1. The predicted molar refractivity (Wildman–Crippen MR) is 117 cm³/mol. The average molecular weight is 451 g/mol. The molecule has 162 valence electrons. The van der Waals surface area contributed by atoms with Gasteiger partial charge in [-0.1, -0.05) is 30.9 Å². The SMILES string of the molecule is O=C(CCS(=O)(=O)C1CCCC1)Nc1ccc(Cl)c(-c2nnc3n2CCCCC3)c1. The molecule has 0 unspecified atom stereocenters. The fourth-order valence-electron chi connectivity index (χ4n) is 4.33. The monoisotopic (exact) mass is 450 g/mol. The number of carbonyl (C=O) groups is 1. The Labute approximate surface area is 182 Å². The Hall–Kier alpha value is -1.93. The number of aryl methyl sites for hydroxylation is 1. The minimum atomic E-state index is -3.21. The van der Waals surface area contributed by atoms with Gasteiger partial charge < -0.3 is 9.88 Å². The quantitative estimate of drug-likeness (QED) is 0.717. The van der Waals surface area contributed by atoms with Crippen LogP contribution >= 0.6 is 11.6 Å². The van der Waals surface area contributed by atoms with Crippen LogP contribution in [0.5, 0.6) is 0 Å². The van der Waals surface area contributed by atoms with Gasteiger partial charge in [-0.3, -0.25) is 4.79 Å². The van der Waals surface area contributed by atoms with Crippen molar-refractivity contribution in [2.75, 3.05) is 11.1 Å². The number of sulfone groups is 1. The Morgan fingerprint density at radius 3 is 2.73 bits per heavy atom. The number of aromatic nitrogens is 3. The van der Waals surface area contributed by atoms with Crippen molar-refractivity contribution in [3.05, 3.63) is 29.0 Å². The number of hydrogen-bond acceptors (Lipinski definition) is 5. The minimum Gasteiger partial charge on any atom is -0.326 e. The van der Waals surface area contributed by atoms with Gasteiger partial charge >= 0.3 is 0 Å². The maximum atomic E-state index is 12.4. The van der Waals surface area contributed by atoms with Crippen molar-refractivity contribution >= 4 is 33.0 Å². The normalized spacial score (nSPS) is 17.5. The van der Waals surface area contributed by atoms with E-state index in [0.717, 1.165) is 50.9 Å². The van der Waals surface area contributed by atoms with Gasteiger partial charge in [0, 0.05) is 30.6 Å². The second-order valence-electron chi connectivity index (χ2n) is 8.17. The van der Waals surface area contributed by atoms with Crippen LogP contribution < -0.4 is 5.32 Å². The largest absolute Gasteiger partial charge is 0.326 e. The van der Waals surface area contributed by atoms with E-state index in [1.165, 1.54) is 0 Å². The number of carbonyl (C=O) groups excluding carboxylic acids is 1. The molecule has 30 heavy (non-hydrogen) atoms. The third-order valence-corrected chi connectivity index (χ3v) is 8.61. The van der Waals surface area contributed by atoms with Gasteiger partial charge in [0.15, 0.2) is 15.7 Å². The second kappa shape index (κ2) is 9.06. The molecular formula is C21H27ClN4O3S. The molecule has 0 saturated heterocycles. The number of halogens is 1. The second-order valence-corrected chi connectivity index (χ2v) is 11.0. The lowest BCUT2D eigenvalue weighted by atomic mass is 10.1. The highest BCUT2D eigenvalue weighted by Gasteiger charge is 2.29. The fraction of sp³-hybridized carbons (Fsp3) is 0.571. The highest BCUT2D eigenvalue weighted by molar-refractivity contribution is 7.92. The third kappa shape index (κ3) is 4.70. The molecule has 4 rings (SSSR count). The summed E-state index contributed by atoms with van der Waals surface area (Å²) in [5.41, 5.74) is 1.29. The van der Waals surface area contributed by atoms with Gasteiger partial charge in [0.2, 0.25) is 5.91 Å². The average Bonchev–Trinajstić information content (AvgIpc) is 3.34. The van der Waals surface area contributed by atoms with Gasteiger partial charge in [-0.15, -0.1) is 10.2 Å². The number of nitrogens with zero attached hydrogens (tertiary/aromatic N) is 3. The highest BCUT2D eigenvalue weighted by atomic mass is 35.5. The number of benzene rings is 1. The van der Waals surface area contributed by atoms with Crippen LogP contribution in [-0.2, 0) is 27.6 Å². The number of hydrogen-bond donors (Lipinski definition) is 1. The van der Waals surface area contributed by atoms with Crippen molar-refractivity contribution in [3.8, 4) is 11.4 Å². The van der Waals surface area contributed by atoms with Crippen LogP contribution in [0.25, 0.3) is 11.4 Å². The first kappa shape index (κ1) is 21.3. The first-order chi connectivity index (χ1) is 14.4. The molecule has 0 spiro atoms. The standard InChI is InChI=1S/C21H27ClN4O3S/c22-18-10-9-15(23-20(27)11-13-30(28,29)16-6-3-4-7-16)14-17(18)21-25-24-19-8-2-1-5-12-26(19)21/h9-10,14,16H,1-8,11-13H2,(H,23,27). The summed E-state index contributed by atoms with van der Waals surface area (Å²) in [7, 11) is -3.21. The van der Waals surface area contributed by atoms with Crippen LogP contribution in [0, 0.1) is 0 Å². The molecule has 7 nitrogen and oxygen atoms in total. The van der Waals surface area contributed by atoms with E-state index < -0.39 is 9.84 Å². The van der Waals surface area contributed by atoms with Gasteiger partial charge in [-0.2, -0.15) is 0 Å². The minimum absolute atomic E-state index is 0.0445. The summed E-state index contributed by atoms with van der Waals surface area (Å²) in [6.45, 7) is 0.851. The van der Waals surface area contributed by atoms with E-state index in [2.05, 4.69) is 20.1 Å². The van der Waals surface area contributed by atoms with E-state index in [9.17, 15) is 13.2 Å². The summed E-state index contributed by atoms with van der Waals surface area (Å²) in [6, 6.07) is 5.23. The number of anilines is 1. The molecule has 9 heteroatoms. The van der Waals surface area contributed by atoms with Crippen molar-refractivity contribution in [2.45, 2.75) is 69.6 Å². The lowest BCUT2D eigenvalue weighted by Crippen LogP contribution is -2.24. The van der Waals surface area contributed by atoms with E-state index in [-0.39, 0.29) is 23.3 Å². The van der Waals surface area contributed by atoms with Crippen LogP contribution in [0.1, 0.15) is 57.2 Å². The molecule has 1 aliphatic heterocycles. The zero-order valence-corrected chi connectivity index (χ0v) is 18.5. The van der Waals surface area contributed by atoms with E-state index in [0.29, 0.717) is 34.9 Å². The van der Waals surface area contributed by atoms with Crippen LogP contribution in [-0.4, -0.2) is 40.1 Å². The number of fused-ring (bicyclic) bond motifs is 1. The maximum absolute atomic E-state index is 12.4. The van der Waals surface area contributed by atoms with E-state index >= 15 is 0 Å². The van der Waals surface area contributed by atoms with E-state index in [1.54, 1.807) is 18.2 Å². The van der Waals surface area contributed by atoms with Crippen LogP contribution in [0.3, 0.4) is 0 Å². The summed E-state index contributed by atoms with van der Waals surface area (Å²) < 4.78 is 26.9. The molecule has 1 fully saturated rings. The highest BCUT2D eigenvalue weighted by Crippen LogP contribution is 2.31. The van der Waals surface area contributed by atoms with Crippen molar-refractivity contribution in [1.82, 2.24) is 14.8 Å². The lowest BCUT2D eigenvalue weighted by Gasteiger charge is -2.12. The molecule has 1 saturated carbocycles. The zero-order valence-electron chi connectivity index (χ0n) is 16.9. The van der Waals surface area contributed by atoms with Crippen LogP contribution in [0.15, 0.2) is 18.2 Å². The van der Waals surface area contributed by atoms with Gasteiger partial charge in [0.25, 0.3) is 0 Å². The van der Waals surface area contributed by atoms with E-state index in [1.807, 2.05) is 0 Å². The van der Waals surface area contributed by atoms with Gasteiger partial charge in [0.05, 0.1) is 16.0 Å². The predicted octanol–water partition coefficient (Wildman–Crippen LogP) is 4.01. The molecule has 1 amide bonds. The maximum Gasteiger partial charge on any atom is 0.225 e. The molecule has 0 radical (unpaired) electrons. The summed E-state index contributed by atoms with van der Waals surface area (Å²) in [5.74, 6) is 1.24. The van der Waals surface area contributed by atoms with Crippen molar-refractivity contribution in [3.63, 3.8) is 0 Å². The van der Waals surface area contributed by atoms with Gasteiger partial charge in [-0.05, 0) is 43.9 Å². The Balaban J connectivity index is 1.46. The Bertz CT molecular complexity index is 1030. The van der Waals surface area contributed by atoms with Crippen LogP contribution in [0.4, 0.5) is 5.69 Å². The molecule has 2 aliphatic rings. The van der Waals surface area contributed by atoms with E-state index in [4.69, 9.17) is 11.6 Å². The number of amides is 1. The molecule has 0 atom stereocenters.